The first-order valence-corrected chi connectivity index (χ1v) is 5.96. The second-order valence-electron chi connectivity index (χ2n) is 4.18. The molecule has 0 atom stereocenters. The lowest BCUT2D eigenvalue weighted by Gasteiger charge is -2.17. The molecule has 0 aliphatic carbocycles. The van der Waals surface area contributed by atoms with Crippen molar-refractivity contribution in [2.45, 2.75) is 13.3 Å². The third-order valence-corrected chi connectivity index (χ3v) is 2.48. The minimum Gasteiger partial charge on any atom is -0.508 e. The molecule has 104 valence electrons. The van der Waals surface area contributed by atoms with E-state index in [0.29, 0.717) is 6.54 Å². The van der Waals surface area contributed by atoms with Gasteiger partial charge in [0, 0.05) is 19.7 Å². The van der Waals surface area contributed by atoms with Crippen LogP contribution in [0.1, 0.15) is 23.7 Å². The second kappa shape index (κ2) is 6.72. The van der Waals surface area contributed by atoms with Gasteiger partial charge in [0.25, 0.3) is 5.91 Å². The zero-order valence-electron chi connectivity index (χ0n) is 10.9. The Labute approximate surface area is 111 Å². The van der Waals surface area contributed by atoms with E-state index in [1.807, 2.05) is 6.92 Å². The molecule has 0 fully saturated rings. The maximum Gasteiger partial charge on any atom is 0.257 e. The van der Waals surface area contributed by atoms with Gasteiger partial charge in [0.2, 0.25) is 5.91 Å². The van der Waals surface area contributed by atoms with Crippen molar-refractivity contribution in [2.75, 3.05) is 20.1 Å². The van der Waals surface area contributed by atoms with Gasteiger partial charge in [-0.1, -0.05) is 6.92 Å². The number of carbonyl (C=O) groups excluding carboxylic acids is 2. The monoisotopic (exact) mass is 268 g/mol. The Kier molecular flexibility index (Phi) is 5.29. The molecule has 0 radical (unpaired) electrons. The summed E-state index contributed by atoms with van der Waals surface area (Å²) in [5.41, 5.74) is -0.177. The van der Waals surface area contributed by atoms with Gasteiger partial charge in [0.05, 0.1) is 12.1 Å². The Morgan fingerprint density at radius 2 is 2.11 bits per heavy atom. The summed E-state index contributed by atoms with van der Waals surface area (Å²) in [5, 5.41) is 11.7. The number of carbonyl (C=O) groups is 2. The normalized spacial score (nSPS) is 10.1. The number of phenols is 1. The molecule has 1 aromatic carbocycles. The fourth-order valence-corrected chi connectivity index (χ4v) is 1.49. The van der Waals surface area contributed by atoms with Crippen LogP contribution in [0.4, 0.5) is 4.39 Å². The van der Waals surface area contributed by atoms with Gasteiger partial charge in [-0.25, -0.2) is 4.39 Å². The van der Waals surface area contributed by atoms with Crippen molar-refractivity contribution in [3.63, 3.8) is 0 Å². The van der Waals surface area contributed by atoms with E-state index in [4.69, 9.17) is 5.11 Å². The molecule has 2 N–H and O–H groups in total. The van der Waals surface area contributed by atoms with Crippen LogP contribution in [0.25, 0.3) is 0 Å². The van der Waals surface area contributed by atoms with Gasteiger partial charge < -0.3 is 15.3 Å². The first-order chi connectivity index (χ1) is 8.95. The number of hydrogen-bond acceptors (Lipinski definition) is 3. The molecule has 0 aliphatic heterocycles. The molecule has 0 aromatic heterocycles. The van der Waals surface area contributed by atoms with E-state index >= 15 is 0 Å². The lowest BCUT2D eigenvalue weighted by Crippen LogP contribution is -2.38. The zero-order chi connectivity index (χ0) is 14.4. The summed E-state index contributed by atoms with van der Waals surface area (Å²) in [6.45, 7) is 2.31. The molecule has 0 unspecified atom stereocenters. The molecule has 6 heteroatoms. The van der Waals surface area contributed by atoms with Crippen LogP contribution in [0.2, 0.25) is 0 Å². The summed E-state index contributed by atoms with van der Waals surface area (Å²) < 4.78 is 13.5. The highest BCUT2D eigenvalue weighted by atomic mass is 19.1. The van der Waals surface area contributed by atoms with Crippen LogP contribution >= 0.6 is 0 Å². The van der Waals surface area contributed by atoms with E-state index in [1.54, 1.807) is 0 Å². The third-order valence-electron chi connectivity index (χ3n) is 2.48. The van der Waals surface area contributed by atoms with Crippen molar-refractivity contribution in [3.8, 4) is 5.75 Å². The average Bonchev–Trinajstić information content (AvgIpc) is 2.35. The number of halogens is 1. The Morgan fingerprint density at radius 3 is 2.68 bits per heavy atom. The number of aromatic hydroxyl groups is 1. The van der Waals surface area contributed by atoms with Crippen molar-refractivity contribution in [1.82, 2.24) is 10.2 Å². The maximum atomic E-state index is 13.5. The lowest BCUT2D eigenvalue weighted by molar-refractivity contribution is -0.121. The molecule has 5 nitrogen and oxygen atoms in total. The smallest absolute Gasteiger partial charge is 0.257 e. The summed E-state index contributed by atoms with van der Waals surface area (Å²) in [5.74, 6) is -1.97. The van der Waals surface area contributed by atoms with E-state index in [2.05, 4.69) is 5.32 Å². The number of rotatable bonds is 5. The van der Waals surface area contributed by atoms with Crippen LogP contribution < -0.4 is 5.32 Å². The van der Waals surface area contributed by atoms with Gasteiger partial charge in [-0.05, 0) is 18.6 Å². The highest BCUT2D eigenvalue weighted by Crippen LogP contribution is 2.16. The molecule has 1 rings (SSSR count). The average molecular weight is 268 g/mol. The van der Waals surface area contributed by atoms with Crippen molar-refractivity contribution in [2.24, 2.45) is 0 Å². The molecule has 1 aromatic rings. The number of benzene rings is 1. The van der Waals surface area contributed by atoms with E-state index < -0.39 is 11.7 Å². The first kappa shape index (κ1) is 14.9. The molecule has 0 aliphatic rings. The molecule has 0 bridgehead atoms. The van der Waals surface area contributed by atoms with Crippen LogP contribution in [0.5, 0.6) is 5.75 Å². The van der Waals surface area contributed by atoms with E-state index in [1.165, 1.54) is 19.2 Å². The van der Waals surface area contributed by atoms with Crippen molar-refractivity contribution in [3.05, 3.63) is 29.6 Å². The second-order valence-corrected chi connectivity index (χ2v) is 4.18. The minimum absolute atomic E-state index is 0.140. The fraction of sp³-hybridized carbons (Fsp3) is 0.385. The topological polar surface area (TPSA) is 69.6 Å². The fourth-order valence-electron chi connectivity index (χ4n) is 1.49. The highest BCUT2D eigenvalue weighted by Gasteiger charge is 2.18. The molecular formula is C13H17FN2O3. The van der Waals surface area contributed by atoms with Gasteiger partial charge >= 0.3 is 0 Å². The van der Waals surface area contributed by atoms with E-state index in [-0.39, 0.29) is 23.8 Å². The molecule has 19 heavy (non-hydrogen) atoms. The summed E-state index contributed by atoms with van der Waals surface area (Å²) in [6.07, 6.45) is 0.802. The number of hydrogen-bond donors (Lipinski definition) is 2. The van der Waals surface area contributed by atoms with Gasteiger partial charge in [0.15, 0.2) is 0 Å². The number of amides is 2. The number of phenolic OH excluding ortho intramolecular Hbond substituents is 1. The highest BCUT2D eigenvalue weighted by molar-refractivity contribution is 5.96. The largest absolute Gasteiger partial charge is 0.508 e. The van der Waals surface area contributed by atoms with E-state index in [0.717, 1.165) is 17.4 Å². The molecule has 0 saturated heterocycles. The Morgan fingerprint density at radius 1 is 1.42 bits per heavy atom. The molecule has 0 heterocycles. The Balaban J connectivity index is 2.69. The Hall–Kier alpha value is -2.11. The van der Waals surface area contributed by atoms with Crippen molar-refractivity contribution in [1.29, 1.82) is 0 Å². The van der Waals surface area contributed by atoms with Crippen LogP contribution in [-0.2, 0) is 4.79 Å². The SMILES string of the molecule is CCCNC(=O)CN(C)C(=O)c1ccc(O)cc1F. The lowest BCUT2D eigenvalue weighted by atomic mass is 10.2. The first-order valence-electron chi connectivity index (χ1n) is 5.96. The summed E-state index contributed by atoms with van der Waals surface area (Å²) >= 11 is 0. The van der Waals surface area contributed by atoms with Crippen molar-refractivity contribution >= 4 is 11.8 Å². The van der Waals surface area contributed by atoms with Gasteiger partial charge in [-0.15, -0.1) is 0 Å². The van der Waals surface area contributed by atoms with Crippen LogP contribution in [0, 0.1) is 5.82 Å². The van der Waals surface area contributed by atoms with Crippen LogP contribution in [0.15, 0.2) is 18.2 Å². The molecule has 0 spiro atoms. The van der Waals surface area contributed by atoms with Crippen molar-refractivity contribution < 1.29 is 19.1 Å². The molecule has 2 amide bonds. The zero-order valence-corrected chi connectivity index (χ0v) is 10.9. The maximum absolute atomic E-state index is 13.5. The molecular weight excluding hydrogens is 251 g/mol. The van der Waals surface area contributed by atoms with Crippen LogP contribution in [-0.4, -0.2) is 42.0 Å². The minimum atomic E-state index is -0.814. The predicted molar refractivity (Wildman–Crippen MR) is 68.3 cm³/mol. The number of nitrogens with zero attached hydrogens (tertiary/aromatic N) is 1. The number of nitrogens with one attached hydrogen (secondary N) is 1. The Bertz CT molecular complexity index is 477. The summed E-state index contributed by atoms with van der Waals surface area (Å²) in [4.78, 5) is 24.5. The predicted octanol–water partition coefficient (Wildman–Crippen LogP) is 1.13. The van der Waals surface area contributed by atoms with Gasteiger partial charge in [0.1, 0.15) is 11.6 Å². The summed E-state index contributed by atoms with van der Waals surface area (Å²) in [6, 6.07) is 3.27. The summed E-state index contributed by atoms with van der Waals surface area (Å²) in [7, 11) is 1.42. The van der Waals surface area contributed by atoms with Gasteiger partial charge in [-0.2, -0.15) is 0 Å². The standard InChI is InChI=1S/C13H17FN2O3/c1-3-6-15-12(18)8-16(2)13(19)10-5-4-9(17)7-11(10)14/h4-5,7,17H,3,6,8H2,1-2H3,(H,15,18). The third kappa shape index (κ3) is 4.24. The van der Waals surface area contributed by atoms with Gasteiger partial charge in [-0.3, -0.25) is 9.59 Å². The molecule has 0 saturated carbocycles. The van der Waals surface area contributed by atoms with Crippen LogP contribution in [0.3, 0.4) is 0 Å². The van der Waals surface area contributed by atoms with E-state index in [9.17, 15) is 14.0 Å². The quantitative estimate of drug-likeness (QED) is 0.841. The number of likely N-dealkylation sites (N-methyl/N-ethyl adjacent to an activating group) is 1.